The van der Waals surface area contributed by atoms with Gasteiger partial charge in [0.1, 0.15) is 0 Å². The van der Waals surface area contributed by atoms with E-state index in [-0.39, 0.29) is 41.8 Å². The van der Waals surface area contributed by atoms with Crippen LogP contribution in [0.25, 0.3) is 0 Å². The van der Waals surface area contributed by atoms with Crippen molar-refractivity contribution in [3.63, 3.8) is 0 Å². The van der Waals surface area contributed by atoms with Gasteiger partial charge < -0.3 is 40.0 Å². The first kappa shape index (κ1) is 65.6. The van der Waals surface area contributed by atoms with Crippen molar-refractivity contribution in [2.45, 2.75) is 209 Å². The summed E-state index contributed by atoms with van der Waals surface area (Å²) in [6, 6.07) is 0. The van der Waals surface area contributed by atoms with Crippen LogP contribution >= 0.6 is 48.9 Å². The summed E-state index contributed by atoms with van der Waals surface area (Å²) in [5.41, 5.74) is 0. The Morgan fingerprint density at radius 2 is 0.368 bits per heavy atom. The second-order valence-electron chi connectivity index (χ2n) is 14.7. The first-order valence-corrected chi connectivity index (χ1v) is 24.3. The first-order chi connectivity index (χ1) is 26.9. The molecule has 57 heavy (non-hydrogen) atoms. The van der Waals surface area contributed by atoms with Gasteiger partial charge in [-0.05, 0) is 51.4 Å². The van der Waals surface area contributed by atoms with Crippen LogP contribution in [-0.2, 0) is 21.1 Å². The molecule has 0 heterocycles. The van der Waals surface area contributed by atoms with Crippen molar-refractivity contribution >= 4 is 69.6 Å². The molecule has 338 valence electrons. The van der Waals surface area contributed by atoms with E-state index in [2.05, 4.69) is 104 Å². The minimum atomic E-state index is -0.183. The average molecular weight is 961 g/mol. The largest absolute Gasteiger partial charge is 4.00 e. The summed E-state index contributed by atoms with van der Waals surface area (Å²) >= 11 is 18.7. The van der Waals surface area contributed by atoms with Gasteiger partial charge in [-0.3, -0.25) is 0 Å². The Balaban J connectivity index is -0.000000210. The zero-order chi connectivity index (χ0) is 43.2. The predicted molar refractivity (Wildman–Crippen MR) is 253 cm³/mol. The summed E-state index contributed by atoms with van der Waals surface area (Å²) in [5.74, 6) is 0. The SMILES string of the molecule is CCCCCN(CCCCC)C([O-])=S.CCCCCN(CCCCC)C([O-])=S.CCCCCN(CCCCC)C([O-])=S.CCCCCN(CCCCC)C([O-])=S.[Mo+4]. The molecule has 8 nitrogen and oxygen atoms in total. The smallest absolute Gasteiger partial charge is 0.852 e. The van der Waals surface area contributed by atoms with Gasteiger partial charge in [-0.2, -0.15) is 0 Å². The quantitative estimate of drug-likeness (QED) is 0.0365. The maximum Gasteiger partial charge on any atom is 4.00 e. The Labute approximate surface area is 389 Å². The van der Waals surface area contributed by atoms with Crippen LogP contribution in [0.15, 0.2) is 0 Å². The van der Waals surface area contributed by atoms with Crippen molar-refractivity contribution in [1.82, 2.24) is 19.6 Å². The van der Waals surface area contributed by atoms with Crippen molar-refractivity contribution in [2.24, 2.45) is 0 Å². The number of nitrogens with zero attached hydrogens (tertiary/aromatic N) is 4. The fourth-order valence-corrected chi connectivity index (χ4v) is 6.33. The summed E-state index contributed by atoms with van der Waals surface area (Å²) in [6.07, 6.45) is 27.7. The van der Waals surface area contributed by atoms with Crippen molar-refractivity contribution in [3.8, 4) is 0 Å². The fourth-order valence-electron chi connectivity index (χ4n) is 5.60. The molecule has 0 atom stereocenters. The molecular weight excluding hydrogens is 873 g/mol. The fraction of sp³-hybridized carbons (Fsp3) is 0.909. The van der Waals surface area contributed by atoms with Crippen LogP contribution in [0.1, 0.15) is 209 Å². The van der Waals surface area contributed by atoms with E-state index in [1.54, 1.807) is 19.6 Å². The number of hydrogen-bond acceptors (Lipinski definition) is 8. The molecule has 0 bridgehead atoms. The Morgan fingerprint density at radius 1 is 0.263 bits per heavy atom. The van der Waals surface area contributed by atoms with Crippen molar-refractivity contribution in [3.05, 3.63) is 0 Å². The Morgan fingerprint density at radius 3 is 0.439 bits per heavy atom. The van der Waals surface area contributed by atoms with E-state index in [1.165, 1.54) is 103 Å². The number of hydrogen-bond donors (Lipinski definition) is 0. The van der Waals surface area contributed by atoms with Gasteiger partial charge in [0.25, 0.3) is 0 Å². The summed E-state index contributed by atoms with van der Waals surface area (Å²) in [5, 5.41) is 43.6. The Bertz CT molecular complexity index is 704. The molecule has 0 unspecified atom stereocenters. The van der Waals surface area contributed by atoms with Crippen molar-refractivity contribution in [1.29, 1.82) is 0 Å². The van der Waals surface area contributed by atoms with Crippen LogP contribution in [0.3, 0.4) is 0 Å². The summed E-state index contributed by atoms with van der Waals surface area (Å²) in [7, 11) is 0. The van der Waals surface area contributed by atoms with E-state index in [9.17, 15) is 20.4 Å². The molecule has 0 aliphatic carbocycles. The van der Waals surface area contributed by atoms with Gasteiger partial charge in [-0.25, -0.2) is 0 Å². The molecule has 0 fully saturated rings. The van der Waals surface area contributed by atoms with Gasteiger partial charge in [0, 0.05) is 73.1 Å². The van der Waals surface area contributed by atoms with Crippen LogP contribution in [0, 0.1) is 0 Å². The molecule has 0 aromatic rings. The van der Waals surface area contributed by atoms with Crippen molar-refractivity contribution in [2.75, 3.05) is 52.4 Å². The normalized spacial score (nSPS) is 9.96. The number of rotatable bonds is 32. The molecule has 13 heteroatoms. The van der Waals surface area contributed by atoms with Gasteiger partial charge in [-0.15, -0.1) is 0 Å². The third kappa shape index (κ3) is 51.5. The van der Waals surface area contributed by atoms with Gasteiger partial charge in [0.2, 0.25) is 0 Å². The molecular formula is C44H88MoN4O4S4. The molecule has 0 saturated carbocycles. The molecule has 0 radical (unpaired) electrons. The summed E-state index contributed by atoms with van der Waals surface area (Å²) in [6.45, 7) is 24.1. The minimum Gasteiger partial charge on any atom is -0.852 e. The summed E-state index contributed by atoms with van der Waals surface area (Å²) in [4.78, 5) is 7.22. The molecule has 0 aliphatic heterocycles. The van der Waals surface area contributed by atoms with Crippen LogP contribution in [0.2, 0.25) is 0 Å². The van der Waals surface area contributed by atoms with Gasteiger partial charge in [0.05, 0.1) is 0 Å². The van der Waals surface area contributed by atoms with Crippen LogP contribution in [0.5, 0.6) is 0 Å². The van der Waals surface area contributed by atoms with E-state index < -0.39 is 0 Å². The number of thiocarbonyl (C=S) groups is 4. The molecule has 0 aromatic carbocycles. The van der Waals surface area contributed by atoms with E-state index in [0.29, 0.717) is 0 Å². The summed E-state index contributed by atoms with van der Waals surface area (Å²) < 4.78 is 0. The molecule has 0 saturated heterocycles. The Kier molecular flexibility index (Phi) is 61.5. The third-order valence-corrected chi connectivity index (χ3v) is 10.3. The molecule has 0 spiro atoms. The second-order valence-corrected chi connectivity index (χ2v) is 16.1. The molecule has 0 aromatic heterocycles. The van der Waals surface area contributed by atoms with Gasteiger partial charge in [-0.1, -0.05) is 207 Å². The van der Waals surface area contributed by atoms with Crippen LogP contribution < -0.4 is 20.4 Å². The van der Waals surface area contributed by atoms with Gasteiger partial charge in [0.15, 0.2) is 0 Å². The topological polar surface area (TPSA) is 105 Å². The van der Waals surface area contributed by atoms with Crippen molar-refractivity contribution < 1.29 is 41.5 Å². The minimum absolute atomic E-state index is 0. The maximum atomic E-state index is 11.1. The molecule has 0 N–H and O–H groups in total. The van der Waals surface area contributed by atoms with E-state index in [4.69, 9.17) is 0 Å². The third-order valence-electron chi connectivity index (χ3n) is 9.29. The molecule has 0 amide bonds. The average Bonchev–Trinajstić information content (AvgIpc) is 3.16. The first-order valence-electron chi connectivity index (χ1n) is 22.7. The van der Waals surface area contributed by atoms with Crippen LogP contribution in [0.4, 0.5) is 0 Å². The van der Waals surface area contributed by atoms with Gasteiger partial charge >= 0.3 is 21.1 Å². The predicted octanol–water partition coefficient (Wildman–Crippen LogP) is 9.25. The zero-order valence-corrected chi connectivity index (χ0v) is 43.4. The monoisotopic (exact) mass is 962 g/mol. The maximum absolute atomic E-state index is 11.1. The molecule has 0 aliphatic rings. The van der Waals surface area contributed by atoms with E-state index >= 15 is 0 Å². The Hall–Kier alpha value is -0.552. The zero-order valence-electron chi connectivity index (χ0n) is 38.1. The van der Waals surface area contributed by atoms with Crippen LogP contribution in [-0.4, -0.2) is 92.7 Å². The second kappa shape index (κ2) is 53.5. The van der Waals surface area contributed by atoms with E-state index in [1.807, 2.05) is 0 Å². The number of unbranched alkanes of at least 4 members (excludes halogenated alkanes) is 16. The standard InChI is InChI=1S/4C11H23NOS.Mo/c4*1-3-5-7-9-12(11(13)14)10-8-6-4-2;/h4*3-10H2,1-2H3,(H,13,14);/q;;;;+4/p-4. The molecule has 0 rings (SSSR count). The van der Waals surface area contributed by atoms with E-state index in [0.717, 1.165) is 104 Å².